The maximum atomic E-state index is 11.6. The number of anilines is 4. The van der Waals surface area contributed by atoms with Crippen molar-refractivity contribution in [2.75, 3.05) is 17.7 Å². The highest BCUT2D eigenvalue weighted by Gasteiger charge is 2.23. The summed E-state index contributed by atoms with van der Waals surface area (Å²) in [5.41, 5.74) is 1.10. The number of nitro groups is 1. The molecule has 2 N–H and O–H groups in total. The number of nitrogens with zero attached hydrogens (tertiary/aromatic N) is 4. The summed E-state index contributed by atoms with van der Waals surface area (Å²) in [5.74, 6) is -0.443. The molecule has 0 amide bonds. The van der Waals surface area contributed by atoms with Gasteiger partial charge >= 0.3 is 11.7 Å². The minimum atomic E-state index is -0.580. The highest BCUT2D eigenvalue weighted by Crippen LogP contribution is 2.32. The Labute approximate surface area is 153 Å². The summed E-state index contributed by atoms with van der Waals surface area (Å²) in [4.78, 5) is 34.3. The highest BCUT2D eigenvalue weighted by molar-refractivity contribution is 5.90. The zero-order valence-corrected chi connectivity index (χ0v) is 14.1. The molecule has 0 saturated carbocycles. The number of esters is 1. The van der Waals surface area contributed by atoms with Gasteiger partial charge in [0.25, 0.3) is 0 Å². The molecule has 27 heavy (non-hydrogen) atoms. The summed E-state index contributed by atoms with van der Waals surface area (Å²) in [5, 5.41) is 17.3. The van der Waals surface area contributed by atoms with E-state index in [2.05, 4.69) is 30.3 Å². The largest absolute Gasteiger partial charge is 0.465 e. The number of pyridine rings is 1. The number of carbonyl (C=O) groups is 1. The van der Waals surface area contributed by atoms with Gasteiger partial charge in [0.2, 0.25) is 11.6 Å². The first-order valence-electron chi connectivity index (χ1n) is 7.70. The van der Waals surface area contributed by atoms with E-state index in [9.17, 15) is 14.9 Å². The third kappa shape index (κ3) is 4.12. The molecule has 0 aliphatic rings. The second-order valence-corrected chi connectivity index (χ2v) is 5.24. The second-order valence-electron chi connectivity index (χ2n) is 5.24. The molecular formula is C17H14N6O4. The summed E-state index contributed by atoms with van der Waals surface area (Å²) in [6.45, 7) is 0. The molecule has 3 rings (SSSR count). The minimum Gasteiger partial charge on any atom is -0.465 e. The van der Waals surface area contributed by atoms with Gasteiger partial charge in [0.1, 0.15) is 6.33 Å². The molecule has 2 aromatic heterocycles. The highest BCUT2D eigenvalue weighted by atomic mass is 16.6. The molecule has 0 saturated heterocycles. The molecule has 1 aromatic carbocycles. The van der Waals surface area contributed by atoms with Crippen LogP contribution in [-0.4, -0.2) is 33.0 Å². The van der Waals surface area contributed by atoms with Crippen molar-refractivity contribution in [3.63, 3.8) is 0 Å². The van der Waals surface area contributed by atoms with E-state index in [1.807, 2.05) is 0 Å². The molecule has 0 unspecified atom stereocenters. The summed E-state index contributed by atoms with van der Waals surface area (Å²) in [6.07, 6.45) is 4.31. The summed E-state index contributed by atoms with van der Waals surface area (Å²) in [6, 6.07) is 9.65. The lowest BCUT2D eigenvalue weighted by atomic mass is 10.2. The quantitative estimate of drug-likeness (QED) is 0.383. The number of rotatable bonds is 6. The third-order valence-corrected chi connectivity index (χ3v) is 3.50. The van der Waals surface area contributed by atoms with E-state index < -0.39 is 10.9 Å². The van der Waals surface area contributed by atoms with Gasteiger partial charge in [-0.1, -0.05) is 0 Å². The number of hydrogen-bond acceptors (Lipinski definition) is 9. The Morgan fingerprint density at radius 2 is 1.74 bits per heavy atom. The van der Waals surface area contributed by atoms with Crippen LogP contribution in [0.1, 0.15) is 10.4 Å². The van der Waals surface area contributed by atoms with Gasteiger partial charge in [-0.15, -0.1) is 0 Å². The van der Waals surface area contributed by atoms with Crippen molar-refractivity contribution in [1.29, 1.82) is 0 Å². The number of aromatic nitrogens is 3. The Kier molecular flexibility index (Phi) is 5.17. The lowest BCUT2D eigenvalue weighted by Crippen LogP contribution is -2.06. The average molecular weight is 366 g/mol. The van der Waals surface area contributed by atoms with Crippen molar-refractivity contribution in [3.05, 3.63) is 70.8 Å². The molecule has 0 aliphatic heterocycles. The zero-order valence-electron chi connectivity index (χ0n) is 14.1. The van der Waals surface area contributed by atoms with Crippen LogP contribution < -0.4 is 10.6 Å². The second kappa shape index (κ2) is 7.87. The Balaban J connectivity index is 1.90. The number of methoxy groups -OCH3 is 1. The predicted molar refractivity (Wildman–Crippen MR) is 97.3 cm³/mol. The number of carbonyl (C=O) groups excluding carboxylic acids is 1. The molecule has 3 aromatic rings. The van der Waals surface area contributed by atoms with Crippen LogP contribution in [-0.2, 0) is 4.74 Å². The minimum absolute atomic E-state index is 0.00667. The molecule has 0 fully saturated rings. The molecule has 10 heteroatoms. The van der Waals surface area contributed by atoms with Crippen LogP contribution in [0.5, 0.6) is 0 Å². The molecular weight excluding hydrogens is 352 g/mol. The van der Waals surface area contributed by atoms with Crippen molar-refractivity contribution < 1.29 is 14.5 Å². The molecule has 0 atom stereocenters. The first kappa shape index (κ1) is 17.7. The van der Waals surface area contributed by atoms with E-state index in [-0.39, 0.29) is 17.3 Å². The number of benzene rings is 1. The molecule has 136 valence electrons. The maximum Gasteiger partial charge on any atom is 0.353 e. The van der Waals surface area contributed by atoms with Crippen molar-refractivity contribution in [3.8, 4) is 0 Å². The fourth-order valence-corrected chi connectivity index (χ4v) is 2.25. The summed E-state index contributed by atoms with van der Waals surface area (Å²) >= 11 is 0. The number of nitrogens with one attached hydrogen (secondary N) is 2. The smallest absolute Gasteiger partial charge is 0.353 e. The lowest BCUT2D eigenvalue weighted by Gasteiger charge is -2.10. The Morgan fingerprint density at radius 1 is 1.07 bits per heavy atom. The SMILES string of the molecule is COC(=O)c1ccc(Nc2ncnc(Nc3cccnc3)c2[N+](=O)[O-])cc1. The van der Waals surface area contributed by atoms with Gasteiger partial charge in [-0.25, -0.2) is 14.8 Å². The van der Waals surface area contributed by atoms with Crippen LogP contribution in [0.3, 0.4) is 0 Å². The van der Waals surface area contributed by atoms with Gasteiger partial charge in [-0.3, -0.25) is 15.1 Å². The molecule has 10 nitrogen and oxygen atoms in total. The predicted octanol–water partition coefficient (Wildman–Crippen LogP) is 3.05. The topological polar surface area (TPSA) is 132 Å². The first-order valence-corrected chi connectivity index (χ1v) is 7.70. The summed E-state index contributed by atoms with van der Waals surface area (Å²) in [7, 11) is 1.29. The molecule has 0 bridgehead atoms. The van der Waals surface area contributed by atoms with Gasteiger partial charge in [0.15, 0.2) is 0 Å². The van der Waals surface area contributed by atoms with E-state index in [1.54, 1.807) is 30.5 Å². The Bertz CT molecular complexity index is 963. The van der Waals surface area contributed by atoms with Crippen LogP contribution in [0.15, 0.2) is 55.1 Å². The van der Waals surface area contributed by atoms with E-state index in [0.29, 0.717) is 16.9 Å². The fourth-order valence-electron chi connectivity index (χ4n) is 2.25. The summed E-state index contributed by atoms with van der Waals surface area (Å²) < 4.78 is 4.63. The standard InChI is InChI=1S/C17H14N6O4/c1-27-17(24)11-4-6-12(7-5-11)21-15-14(23(25)26)16(20-10-19-15)22-13-3-2-8-18-9-13/h2-10H,1H3,(H2,19,20,21,22). The van der Waals surface area contributed by atoms with Crippen molar-refractivity contribution in [1.82, 2.24) is 15.0 Å². The average Bonchev–Trinajstić information content (AvgIpc) is 2.68. The normalized spacial score (nSPS) is 10.1. The van der Waals surface area contributed by atoms with E-state index in [4.69, 9.17) is 0 Å². The van der Waals surface area contributed by atoms with E-state index in [1.165, 1.54) is 31.8 Å². The van der Waals surface area contributed by atoms with Gasteiger partial charge in [-0.2, -0.15) is 0 Å². The van der Waals surface area contributed by atoms with E-state index >= 15 is 0 Å². The molecule has 0 aliphatic carbocycles. The zero-order chi connectivity index (χ0) is 19.2. The van der Waals surface area contributed by atoms with Crippen LogP contribution in [0.4, 0.5) is 28.7 Å². The molecule has 0 radical (unpaired) electrons. The maximum absolute atomic E-state index is 11.6. The van der Waals surface area contributed by atoms with Crippen LogP contribution in [0.25, 0.3) is 0 Å². The first-order chi connectivity index (χ1) is 13.1. The monoisotopic (exact) mass is 366 g/mol. The Hall–Kier alpha value is -4.08. The van der Waals surface area contributed by atoms with Crippen molar-refractivity contribution in [2.45, 2.75) is 0 Å². The van der Waals surface area contributed by atoms with Gasteiger partial charge in [0.05, 0.1) is 29.5 Å². The number of ether oxygens (including phenoxy) is 1. The van der Waals surface area contributed by atoms with Crippen molar-refractivity contribution >= 4 is 34.7 Å². The van der Waals surface area contributed by atoms with Gasteiger partial charge in [0, 0.05) is 11.9 Å². The van der Waals surface area contributed by atoms with E-state index in [0.717, 1.165) is 0 Å². The molecule has 2 heterocycles. The van der Waals surface area contributed by atoms with Crippen LogP contribution >= 0.6 is 0 Å². The molecule has 0 spiro atoms. The lowest BCUT2D eigenvalue weighted by molar-refractivity contribution is -0.383. The van der Waals surface area contributed by atoms with Crippen molar-refractivity contribution in [2.24, 2.45) is 0 Å². The van der Waals surface area contributed by atoms with Crippen LogP contribution in [0, 0.1) is 10.1 Å². The van der Waals surface area contributed by atoms with Gasteiger partial charge in [-0.05, 0) is 36.4 Å². The Morgan fingerprint density at radius 3 is 2.30 bits per heavy atom. The van der Waals surface area contributed by atoms with Crippen LogP contribution in [0.2, 0.25) is 0 Å². The third-order valence-electron chi connectivity index (χ3n) is 3.50. The van der Waals surface area contributed by atoms with Gasteiger partial charge < -0.3 is 15.4 Å². The fraction of sp³-hybridized carbons (Fsp3) is 0.0588. The number of hydrogen-bond donors (Lipinski definition) is 2.